The Labute approximate surface area is 199 Å². The van der Waals surface area contributed by atoms with Crippen molar-refractivity contribution in [1.29, 1.82) is 0 Å². The van der Waals surface area contributed by atoms with Crippen LogP contribution in [-0.2, 0) is 6.42 Å². The minimum atomic E-state index is 0.786. The van der Waals surface area contributed by atoms with Crippen LogP contribution in [-0.4, -0.2) is 75.4 Å². The van der Waals surface area contributed by atoms with Gasteiger partial charge in [-0.05, 0) is 87.5 Å². The molecule has 3 heterocycles. The minimum absolute atomic E-state index is 0.786. The van der Waals surface area contributed by atoms with Gasteiger partial charge in [0.2, 0.25) is 0 Å². The molecular formula is C28H39N3O2. The van der Waals surface area contributed by atoms with E-state index in [9.17, 15) is 0 Å². The lowest BCUT2D eigenvalue weighted by Gasteiger charge is -2.36. The molecular weight excluding hydrogens is 410 g/mol. The van der Waals surface area contributed by atoms with Gasteiger partial charge in [-0.15, -0.1) is 0 Å². The van der Waals surface area contributed by atoms with Crippen molar-refractivity contribution >= 4 is 5.69 Å². The van der Waals surface area contributed by atoms with E-state index in [1.165, 1.54) is 50.0 Å². The summed E-state index contributed by atoms with van der Waals surface area (Å²) in [6, 6.07) is 18.0. The highest BCUT2D eigenvalue weighted by Crippen LogP contribution is 2.36. The van der Waals surface area contributed by atoms with Crippen LogP contribution in [0.25, 0.3) is 0 Å². The molecule has 3 fully saturated rings. The summed E-state index contributed by atoms with van der Waals surface area (Å²) >= 11 is 0. The number of fused-ring (bicyclic) bond motifs is 2. The molecule has 0 radical (unpaired) electrons. The second-order valence-corrected chi connectivity index (χ2v) is 9.84. The van der Waals surface area contributed by atoms with Crippen molar-refractivity contribution in [3.05, 3.63) is 54.1 Å². The van der Waals surface area contributed by atoms with Gasteiger partial charge < -0.3 is 14.4 Å². The molecule has 3 aliphatic rings. The van der Waals surface area contributed by atoms with E-state index < -0.39 is 0 Å². The predicted molar refractivity (Wildman–Crippen MR) is 135 cm³/mol. The molecule has 0 N–H and O–H groups in total. The van der Waals surface area contributed by atoms with Crippen molar-refractivity contribution in [3.63, 3.8) is 0 Å². The summed E-state index contributed by atoms with van der Waals surface area (Å²) in [5.41, 5.74) is 2.67. The van der Waals surface area contributed by atoms with Gasteiger partial charge >= 0.3 is 0 Å². The first-order valence-corrected chi connectivity index (χ1v) is 12.9. The molecule has 33 heavy (non-hydrogen) atoms. The number of piperidine rings is 1. The molecule has 0 aromatic heterocycles. The number of piperazine rings is 1. The van der Waals surface area contributed by atoms with Crippen molar-refractivity contribution in [2.24, 2.45) is 5.92 Å². The van der Waals surface area contributed by atoms with E-state index in [-0.39, 0.29) is 0 Å². The first kappa shape index (κ1) is 22.5. The number of hydrogen-bond acceptors (Lipinski definition) is 5. The zero-order valence-corrected chi connectivity index (χ0v) is 20.1. The Morgan fingerprint density at radius 2 is 1.61 bits per heavy atom. The van der Waals surface area contributed by atoms with Gasteiger partial charge in [0, 0.05) is 32.2 Å². The number of methoxy groups -OCH3 is 1. The normalized spacial score (nSPS) is 24.9. The number of benzene rings is 2. The van der Waals surface area contributed by atoms with Gasteiger partial charge in [0.05, 0.1) is 19.4 Å². The maximum absolute atomic E-state index is 6.02. The molecule has 5 heteroatoms. The Morgan fingerprint density at radius 3 is 2.30 bits per heavy atom. The highest BCUT2D eigenvalue weighted by molar-refractivity contribution is 5.58. The molecule has 0 aliphatic carbocycles. The number of hydrogen-bond donors (Lipinski definition) is 0. The Kier molecular flexibility index (Phi) is 7.37. The van der Waals surface area contributed by atoms with Crippen LogP contribution < -0.4 is 14.4 Å². The fraction of sp³-hybridized carbons (Fsp3) is 0.571. The van der Waals surface area contributed by atoms with Crippen LogP contribution in [0.5, 0.6) is 11.5 Å². The average Bonchev–Trinajstić information content (AvgIpc) is 3.44. The van der Waals surface area contributed by atoms with Crippen LogP contribution in [0, 0.1) is 5.92 Å². The SMILES string of the molecule is COc1ccccc1N1CCN(CCCCOc2ccc(CC3C4CCN3CC4)cc2)CC1. The third-order valence-electron chi connectivity index (χ3n) is 7.89. The van der Waals surface area contributed by atoms with Gasteiger partial charge in [-0.3, -0.25) is 9.80 Å². The van der Waals surface area contributed by atoms with Gasteiger partial charge in [0.25, 0.3) is 0 Å². The molecule has 1 unspecified atom stereocenters. The first-order chi connectivity index (χ1) is 16.3. The Bertz CT molecular complexity index is 859. The van der Waals surface area contributed by atoms with Crippen LogP contribution in [0.3, 0.4) is 0 Å². The number of rotatable bonds is 10. The van der Waals surface area contributed by atoms with E-state index in [1.807, 2.05) is 12.1 Å². The molecule has 3 saturated heterocycles. The maximum Gasteiger partial charge on any atom is 0.142 e. The van der Waals surface area contributed by atoms with E-state index in [4.69, 9.17) is 9.47 Å². The summed E-state index contributed by atoms with van der Waals surface area (Å²) in [4.78, 5) is 7.71. The van der Waals surface area contributed by atoms with Gasteiger partial charge in [-0.1, -0.05) is 24.3 Å². The van der Waals surface area contributed by atoms with Crippen molar-refractivity contribution in [1.82, 2.24) is 9.80 Å². The van der Waals surface area contributed by atoms with E-state index in [0.717, 1.165) is 69.2 Å². The van der Waals surface area contributed by atoms with Crippen molar-refractivity contribution in [2.45, 2.75) is 38.1 Å². The van der Waals surface area contributed by atoms with E-state index in [2.05, 4.69) is 51.1 Å². The molecule has 5 nitrogen and oxygen atoms in total. The molecule has 0 amide bonds. The van der Waals surface area contributed by atoms with Crippen LogP contribution in [0.15, 0.2) is 48.5 Å². The lowest BCUT2D eigenvalue weighted by Crippen LogP contribution is -2.46. The lowest BCUT2D eigenvalue weighted by molar-refractivity contribution is 0.238. The number of para-hydroxylation sites is 2. The quantitative estimate of drug-likeness (QED) is 0.504. The van der Waals surface area contributed by atoms with Crippen LogP contribution >= 0.6 is 0 Å². The third kappa shape index (κ3) is 5.47. The zero-order chi connectivity index (χ0) is 22.5. The summed E-state index contributed by atoms with van der Waals surface area (Å²) in [5, 5.41) is 0. The topological polar surface area (TPSA) is 28.2 Å². The lowest BCUT2D eigenvalue weighted by atomic mass is 9.94. The molecule has 5 rings (SSSR count). The number of anilines is 1. The molecule has 0 spiro atoms. The second-order valence-electron chi connectivity index (χ2n) is 9.84. The number of unbranched alkanes of at least 4 members (excludes halogenated alkanes) is 1. The first-order valence-electron chi connectivity index (χ1n) is 12.9. The Hall–Kier alpha value is -2.24. The highest BCUT2D eigenvalue weighted by atomic mass is 16.5. The molecule has 3 aliphatic heterocycles. The molecule has 178 valence electrons. The fourth-order valence-corrected chi connectivity index (χ4v) is 5.92. The molecule has 1 atom stereocenters. The monoisotopic (exact) mass is 449 g/mol. The van der Waals surface area contributed by atoms with Gasteiger partial charge in [0.15, 0.2) is 0 Å². The van der Waals surface area contributed by atoms with E-state index in [1.54, 1.807) is 7.11 Å². The molecule has 0 saturated carbocycles. The van der Waals surface area contributed by atoms with E-state index >= 15 is 0 Å². The summed E-state index contributed by atoms with van der Waals surface area (Å²) in [6.07, 6.45) is 6.31. The standard InChI is InChI=1S/C28H39N3O2/c1-32-28-7-3-2-6-26(28)31-19-17-29(18-20-31)14-4-5-21-33-25-10-8-23(9-11-25)22-27-24-12-15-30(27)16-13-24/h2-3,6-11,24,27H,4-5,12-22H2,1H3. The fourth-order valence-electron chi connectivity index (χ4n) is 5.92. The van der Waals surface area contributed by atoms with Gasteiger partial charge in [-0.25, -0.2) is 0 Å². The summed E-state index contributed by atoms with van der Waals surface area (Å²) in [6.45, 7) is 8.92. The third-order valence-corrected chi connectivity index (χ3v) is 7.89. The van der Waals surface area contributed by atoms with Gasteiger partial charge in [-0.2, -0.15) is 0 Å². The zero-order valence-electron chi connectivity index (χ0n) is 20.1. The highest BCUT2D eigenvalue weighted by Gasteiger charge is 2.39. The number of nitrogens with zero attached hydrogens (tertiary/aromatic N) is 3. The maximum atomic E-state index is 6.02. The minimum Gasteiger partial charge on any atom is -0.495 e. The van der Waals surface area contributed by atoms with Gasteiger partial charge in [0.1, 0.15) is 11.5 Å². The predicted octanol–water partition coefficient (Wildman–Crippen LogP) is 4.31. The van der Waals surface area contributed by atoms with Crippen LogP contribution in [0.4, 0.5) is 5.69 Å². The molecule has 2 aromatic carbocycles. The molecule has 2 aromatic rings. The summed E-state index contributed by atoms with van der Waals surface area (Å²) in [5.74, 6) is 2.92. The largest absolute Gasteiger partial charge is 0.495 e. The van der Waals surface area contributed by atoms with Crippen molar-refractivity contribution in [2.75, 3.05) is 64.4 Å². The average molecular weight is 450 g/mol. The van der Waals surface area contributed by atoms with Crippen molar-refractivity contribution in [3.8, 4) is 11.5 Å². The number of ether oxygens (including phenoxy) is 2. The summed E-state index contributed by atoms with van der Waals surface area (Å²) < 4.78 is 11.6. The van der Waals surface area contributed by atoms with Crippen LogP contribution in [0.1, 0.15) is 31.2 Å². The summed E-state index contributed by atoms with van der Waals surface area (Å²) in [7, 11) is 1.75. The molecule has 2 bridgehead atoms. The Morgan fingerprint density at radius 1 is 0.848 bits per heavy atom. The van der Waals surface area contributed by atoms with E-state index in [0.29, 0.717) is 0 Å². The van der Waals surface area contributed by atoms with Crippen molar-refractivity contribution < 1.29 is 9.47 Å². The Balaban J connectivity index is 0.971. The second kappa shape index (κ2) is 10.8. The smallest absolute Gasteiger partial charge is 0.142 e. The van der Waals surface area contributed by atoms with Crippen LogP contribution in [0.2, 0.25) is 0 Å².